The van der Waals surface area contributed by atoms with Gasteiger partial charge in [-0.2, -0.15) is 0 Å². The first-order valence-electron chi connectivity index (χ1n) is 10.6. The molecular formula is C22H32N4O2S. The molecule has 7 heteroatoms. The Morgan fingerprint density at radius 1 is 1.28 bits per heavy atom. The van der Waals surface area contributed by atoms with E-state index in [2.05, 4.69) is 34.3 Å². The largest absolute Gasteiger partial charge is 0.496 e. The van der Waals surface area contributed by atoms with E-state index in [1.54, 1.807) is 18.4 Å². The topological polar surface area (TPSA) is 57.7 Å². The van der Waals surface area contributed by atoms with Crippen LogP contribution in [0.1, 0.15) is 43.5 Å². The van der Waals surface area contributed by atoms with Crippen molar-refractivity contribution >= 4 is 22.4 Å². The number of hydrogen-bond acceptors (Lipinski definition) is 6. The van der Waals surface area contributed by atoms with Gasteiger partial charge in [0.25, 0.3) is 5.91 Å². The standard InChI is InChI=1S/C22H32N4O2S/c1-4-25(5-2)12-8-11-23-21(27)17-9-10-20(28-3)18(15-17)19-16-29-22(24-19)26-13-6-7-14-26/h9-10,15-16H,4-8,11-14H2,1-3H3,(H,23,27). The molecular weight excluding hydrogens is 384 g/mol. The fourth-order valence-electron chi connectivity index (χ4n) is 3.64. The number of carbonyl (C=O) groups excluding carboxylic acids is 1. The molecule has 1 amide bonds. The first-order chi connectivity index (χ1) is 14.2. The van der Waals surface area contributed by atoms with E-state index in [1.165, 1.54) is 12.8 Å². The molecule has 0 aliphatic carbocycles. The van der Waals surface area contributed by atoms with Gasteiger partial charge in [0.2, 0.25) is 0 Å². The van der Waals surface area contributed by atoms with Crippen molar-refractivity contribution in [3.63, 3.8) is 0 Å². The molecule has 1 aromatic heterocycles. The van der Waals surface area contributed by atoms with Crippen molar-refractivity contribution in [1.29, 1.82) is 0 Å². The van der Waals surface area contributed by atoms with Crippen molar-refractivity contribution in [2.75, 3.05) is 51.3 Å². The molecule has 1 fully saturated rings. The van der Waals surface area contributed by atoms with Crippen LogP contribution in [0.25, 0.3) is 11.3 Å². The summed E-state index contributed by atoms with van der Waals surface area (Å²) in [6, 6.07) is 5.56. The Balaban J connectivity index is 1.67. The number of thiazole rings is 1. The summed E-state index contributed by atoms with van der Waals surface area (Å²) in [4.78, 5) is 22.1. The summed E-state index contributed by atoms with van der Waals surface area (Å²) in [5.41, 5.74) is 2.37. The smallest absolute Gasteiger partial charge is 0.251 e. The van der Waals surface area contributed by atoms with Crippen LogP contribution in [0.3, 0.4) is 0 Å². The number of benzene rings is 1. The van der Waals surface area contributed by atoms with Crippen molar-refractivity contribution in [3.05, 3.63) is 29.1 Å². The molecule has 1 aromatic carbocycles. The summed E-state index contributed by atoms with van der Waals surface area (Å²) in [5, 5.41) is 6.14. The minimum absolute atomic E-state index is 0.0524. The van der Waals surface area contributed by atoms with Gasteiger partial charge in [-0.25, -0.2) is 4.98 Å². The summed E-state index contributed by atoms with van der Waals surface area (Å²) in [7, 11) is 1.65. The van der Waals surface area contributed by atoms with Crippen LogP contribution in [0, 0.1) is 0 Å². The molecule has 3 rings (SSSR count). The van der Waals surface area contributed by atoms with Gasteiger partial charge < -0.3 is 19.9 Å². The lowest BCUT2D eigenvalue weighted by Crippen LogP contribution is -2.29. The van der Waals surface area contributed by atoms with E-state index >= 15 is 0 Å². The second kappa shape index (κ2) is 10.6. The van der Waals surface area contributed by atoms with Gasteiger partial charge in [0, 0.05) is 36.1 Å². The third-order valence-corrected chi connectivity index (χ3v) is 6.34. The summed E-state index contributed by atoms with van der Waals surface area (Å²) >= 11 is 1.65. The summed E-state index contributed by atoms with van der Waals surface area (Å²) < 4.78 is 5.53. The number of rotatable bonds is 10. The van der Waals surface area contributed by atoms with E-state index in [1.807, 2.05) is 18.2 Å². The molecule has 0 atom stereocenters. The minimum Gasteiger partial charge on any atom is -0.496 e. The van der Waals surface area contributed by atoms with Gasteiger partial charge in [0.05, 0.1) is 12.8 Å². The lowest BCUT2D eigenvalue weighted by molar-refractivity contribution is 0.0952. The normalized spacial score (nSPS) is 13.9. The number of ether oxygens (including phenoxy) is 1. The summed E-state index contributed by atoms with van der Waals surface area (Å²) in [6.07, 6.45) is 3.39. The number of nitrogens with one attached hydrogen (secondary N) is 1. The fraction of sp³-hybridized carbons (Fsp3) is 0.545. The van der Waals surface area contributed by atoms with Gasteiger partial charge in [0.15, 0.2) is 5.13 Å². The first kappa shape index (κ1) is 21.6. The van der Waals surface area contributed by atoms with Gasteiger partial charge in [-0.3, -0.25) is 4.79 Å². The second-order valence-corrected chi connectivity index (χ2v) is 8.10. The molecule has 1 aliphatic rings. The van der Waals surface area contributed by atoms with Crippen molar-refractivity contribution in [3.8, 4) is 17.0 Å². The van der Waals surface area contributed by atoms with E-state index in [0.29, 0.717) is 12.1 Å². The lowest BCUT2D eigenvalue weighted by atomic mass is 10.1. The molecule has 29 heavy (non-hydrogen) atoms. The highest BCUT2D eigenvalue weighted by Crippen LogP contribution is 2.35. The maximum absolute atomic E-state index is 12.6. The molecule has 0 radical (unpaired) electrons. The molecule has 1 N–H and O–H groups in total. The van der Waals surface area contributed by atoms with E-state index in [9.17, 15) is 4.79 Å². The van der Waals surface area contributed by atoms with E-state index < -0.39 is 0 Å². The molecule has 0 spiro atoms. The Labute approximate surface area is 177 Å². The number of anilines is 1. The van der Waals surface area contributed by atoms with Crippen LogP contribution in [0.2, 0.25) is 0 Å². The van der Waals surface area contributed by atoms with Crippen LogP contribution in [0.15, 0.2) is 23.6 Å². The van der Waals surface area contributed by atoms with Gasteiger partial charge in [-0.15, -0.1) is 11.3 Å². The van der Waals surface area contributed by atoms with Crippen LogP contribution in [-0.4, -0.2) is 62.2 Å². The molecule has 0 saturated carbocycles. The van der Waals surface area contributed by atoms with Crippen LogP contribution in [0.4, 0.5) is 5.13 Å². The van der Waals surface area contributed by atoms with Gasteiger partial charge in [-0.05, 0) is 57.1 Å². The van der Waals surface area contributed by atoms with Crippen LogP contribution < -0.4 is 15.0 Å². The van der Waals surface area contributed by atoms with Crippen LogP contribution in [0.5, 0.6) is 5.75 Å². The molecule has 2 heterocycles. The zero-order valence-electron chi connectivity index (χ0n) is 17.7. The molecule has 6 nitrogen and oxygen atoms in total. The molecule has 0 unspecified atom stereocenters. The van der Waals surface area contributed by atoms with Gasteiger partial charge in [0.1, 0.15) is 5.75 Å². The maximum Gasteiger partial charge on any atom is 0.251 e. The zero-order chi connectivity index (χ0) is 20.6. The monoisotopic (exact) mass is 416 g/mol. The van der Waals surface area contributed by atoms with Crippen molar-refractivity contribution in [2.24, 2.45) is 0 Å². The number of methoxy groups -OCH3 is 1. The number of carbonyl (C=O) groups is 1. The van der Waals surface area contributed by atoms with E-state index in [0.717, 1.165) is 61.3 Å². The lowest BCUT2D eigenvalue weighted by Gasteiger charge is -2.17. The number of hydrogen-bond donors (Lipinski definition) is 1. The van der Waals surface area contributed by atoms with E-state index in [4.69, 9.17) is 9.72 Å². The fourth-order valence-corrected chi connectivity index (χ4v) is 4.52. The molecule has 0 bridgehead atoms. The second-order valence-electron chi connectivity index (χ2n) is 7.26. The van der Waals surface area contributed by atoms with Crippen LogP contribution in [-0.2, 0) is 0 Å². The number of nitrogens with zero attached hydrogens (tertiary/aromatic N) is 3. The quantitative estimate of drug-likeness (QED) is 0.596. The minimum atomic E-state index is -0.0524. The Hall–Kier alpha value is -2.12. The highest BCUT2D eigenvalue weighted by molar-refractivity contribution is 7.14. The third kappa shape index (κ3) is 5.48. The van der Waals surface area contributed by atoms with Crippen LogP contribution >= 0.6 is 11.3 Å². The summed E-state index contributed by atoms with van der Waals surface area (Å²) in [5.74, 6) is 0.685. The Morgan fingerprint density at radius 2 is 2.03 bits per heavy atom. The summed E-state index contributed by atoms with van der Waals surface area (Å²) in [6.45, 7) is 10.2. The van der Waals surface area contributed by atoms with Crippen molar-refractivity contribution in [1.82, 2.24) is 15.2 Å². The average Bonchev–Trinajstić information content (AvgIpc) is 3.45. The average molecular weight is 417 g/mol. The first-order valence-corrected chi connectivity index (χ1v) is 11.4. The van der Waals surface area contributed by atoms with Gasteiger partial charge >= 0.3 is 0 Å². The third-order valence-electron chi connectivity index (χ3n) is 5.44. The van der Waals surface area contributed by atoms with E-state index in [-0.39, 0.29) is 5.91 Å². The molecule has 158 valence electrons. The Morgan fingerprint density at radius 3 is 2.72 bits per heavy atom. The Bertz CT molecular complexity index is 798. The highest BCUT2D eigenvalue weighted by atomic mass is 32.1. The zero-order valence-corrected chi connectivity index (χ0v) is 18.6. The van der Waals surface area contributed by atoms with Crippen molar-refractivity contribution < 1.29 is 9.53 Å². The molecule has 2 aromatic rings. The maximum atomic E-state index is 12.6. The number of amides is 1. The Kier molecular flexibility index (Phi) is 7.89. The SMILES string of the molecule is CCN(CC)CCCNC(=O)c1ccc(OC)c(-c2csc(N3CCCC3)n2)c1. The molecule has 1 aliphatic heterocycles. The predicted molar refractivity (Wildman–Crippen MR) is 120 cm³/mol. The molecule has 1 saturated heterocycles. The number of aromatic nitrogens is 1. The predicted octanol–water partition coefficient (Wildman–Crippen LogP) is 3.88. The highest BCUT2D eigenvalue weighted by Gasteiger charge is 2.18. The van der Waals surface area contributed by atoms with Gasteiger partial charge in [-0.1, -0.05) is 13.8 Å². The van der Waals surface area contributed by atoms with Crippen molar-refractivity contribution in [2.45, 2.75) is 33.1 Å².